The summed E-state index contributed by atoms with van der Waals surface area (Å²) in [5.74, 6) is -0.182. The molecule has 1 aromatic rings. The lowest BCUT2D eigenvalue weighted by Crippen LogP contribution is -2.40. The molecule has 1 aliphatic heterocycles. The first kappa shape index (κ1) is 16.0. The minimum Gasteiger partial charge on any atom is -0.369 e. The van der Waals surface area contributed by atoms with Crippen LogP contribution in [0.4, 0.5) is 19.0 Å². The number of pyridine rings is 1. The van der Waals surface area contributed by atoms with Crippen molar-refractivity contribution >= 4 is 5.82 Å². The van der Waals surface area contributed by atoms with Crippen molar-refractivity contribution in [3.8, 4) is 0 Å². The number of likely N-dealkylation sites (N-methyl/N-ethyl adjacent to an activating group) is 1. The van der Waals surface area contributed by atoms with Crippen molar-refractivity contribution in [2.45, 2.75) is 31.9 Å². The van der Waals surface area contributed by atoms with Gasteiger partial charge in [0.1, 0.15) is 5.82 Å². The Hall–Kier alpha value is -1.42. The van der Waals surface area contributed by atoms with Crippen LogP contribution >= 0.6 is 0 Å². The Morgan fingerprint density at radius 3 is 2.62 bits per heavy atom. The van der Waals surface area contributed by atoms with Gasteiger partial charge in [-0.3, -0.25) is 4.90 Å². The number of hydrogen-bond donors (Lipinski definition) is 2. The number of anilines is 1. The van der Waals surface area contributed by atoms with Gasteiger partial charge in [0.15, 0.2) is 18.8 Å². The van der Waals surface area contributed by atoms with E-state index in [2.05, 4.69) is 4.98 Å². The molecule has 6 nitrogen and oxygen atoms in total. The van der Waals surface area contributed by atoms with Crippen LogP contribution in [0.15, 0.2) is 18.3 Å². The molecule has 2 N–H and O–H groups in total. The molecule has 1 fully saturated rings. The van der Waals surface area contributed by atoms with Gasteiger partial charge < -0.3 is 14.9 Å². The van der Waals surface area contributed by atoms with Gasteiger partial charge in [0, 0.05) is 12.8 Å². The lowest BCUT2D eigenvalue weighted by Gasteiger charge is -2.25. The Kier molecular flexibility index (Phi) is 4.38. The van der Waals surface area contributed by atoms with Gasteiger partial charge in [-0.1, -0.05) is 0 Å². The Labute approximate surface area is 119 Å². The quantitative estimate of drug-likeness (QED) is 0.861. The van der Waals surface area contributed by atoms with Crippen LogP contribution in [0.2, 0.25) is 0 Å². The van der Waals surface area contributed by atoms with Gasteiger partial charge in [-0.25, -0.2) is 9.88 Å². The SMILES string of the molecule is CCO[C@H]1C(O)N(c2cc(C(F)(F)F)ccn2)C(O)N1C. The van der Waals surface area contributed by atoms with Crippen molar-refractivity contribution in [2.75, 3.05) is 18.6 Å². The summed E-state index contributed by atoms with van der Waals surface area (Å²) in [6.07, 6.45) is -7.08. The average molecular weight is 307 g/mol. The first-order chi connectivity index (χ1) is 9.77. The fraction of sp³-hybridized carbons (Fsp3) is 0.583. The molecule has 0 amide bonds. The number of nitrogens with zero attached hydrogens (tertiary/aromatic N) is 3. The minimum atomic E-state index is -4.53. The highest BCUT2D eigenvalue weighted by atomic mass is 19.4. The predicted octanol–water partition coefficient (Wildman–Crippen LogP) is 0.809. The number of rotatable bonds is 3. The highest BCUT2D eigenvalue weighted by molar-refractivity contribution is 5.44. The van der Waals surface area contributed by atoms with Gasteiger partial charge in [0.25, 0.3) is 0 Å². The summed E-state index contributed by atoms with van der Waals surface area (Å²) in [5.41, 5.74) is -0.908. The van der Waals surface area contributed by atoms with Crippen LogP contribution in [0, 0.1) is 0 Å². The first-order valence-electron chi connectivity index (χ1n) is 6.28. The van der Waals surface area contributed by atoms with Crippen LogP contribution in [0.5, 0.6) is 0 Å². The predicted molar refractivity (Wildman–Crippen MR) is 66.9 cm³/mol. The third-order valence-corrected chi connectivity index (χ3v) is 3.23. The van der Waals surface area contributed by atoms with Crippen molar-refractivity contribution in [3.63, 3.8) is 0 Å². The second-order valence-electron chi connectivity index (χ2n) is 4.58. The monoisotopic (exact) mass is 307 g/mol. The molecule has 118 valence electrons. The summed E-state index contributed by atoms with van der Waals surface area (Å²) in [6.45, 7) is 1.99. The van der Waals surface area contributed by atoms with Crippen molar-refractivity contribution in [1.82, 2.24) is 9.88 Å². The van der Waals surface area contributed by atoms with E-state index in [1.54, 1.807) is 6.92 Å². The van der Waals surface area contributed by atoms with Crippen molar-refractivity contribution in [3.05, 3.63) is 23.9 Å². The number of aliphatic hydroxyl groups excluding tert-OH is 2. The van der Waals surface area contributed by atoms with E-state index in [9.17, 15) is 23.4 Å². The molecule has 1 aliphatic rings. The van der Waals surface area contributed by atoms with E-state index < -0.39 is 30.5 Å². The zero-order valence-corrected chi connectivity index (χ0v) is 11.4. The van der Waals surface area contributed by atoms with E-state index in [1.165, 1.54) is 11.9 Å². The molecule has 0 saturated carbocycles. The summed E-state index contributed by atoms with van der Waals surface area (Å²) < 4.78 is 43.4. The molecule has 0 radical (unpaired) electrons. The normalized spacial score (nSPS) is 27.4. The van der Waals surface area contributed by atoms with E-state index in [-0.39, 0.29) is 12.4 Å². The Morgan fingerprint density at radius 2 is 2.05 bits per heavy atom. The second kappa shape index (κ2) is 5.76. The Morgan fingerprint density at radius 1 is 1.38 bits per heavy atom. The van der Waals surface area contributed by atoms with Crippen molar-refractivity contribution < 1.29 is 28.1 Å². The molecule has 2 heterocycles. The van der Waals surface area contributed by atoms with E-state index in [0.29, 0.717) is 0 Å². The van der Waals surface area contributed by atoms with Gasteiger partial charge in [-0.15, -0.1) is 0 Å². The first-order valence-corrected chi connectivity index (χ1v) is 6.28. The maximum absolute atomic E-state index is 12.7. The van der Waals surface area contributed by atoms with Gasteiger partial charge in [0.05, 0.1) is 5.56 Å². The summed E-state index contributed by atoms with van der Waals surface area (Å²) in [7, 11) is 1.49. The highest BCUT2D eigenvalue weighted by Gasteiger charge is 2.45. The zero-order valence-electron chi connectivity index (χ0n) is 11.4. The Balaban J connectivity index is 2.33. The molecular weight excluding hydrogens is 291 g/mol. The fourth-order valence-corrected chi connectivity index (χ4v) is 2.18. The average Bonchev–Trinajstić information content (AvgIpc) is 2.62. The standard InChI is InChI=1S/C12H16F3N3O3/c1-3-21-10-9(19)18(11(20)17(10)2)8-6-7(4-5-16-8)12(13,14)15/h4-6,9-11,19-20H,3H2,1-2H3/t9?,10-,11?/m0/s1. The third kappa shape index (κ3) is 2.95. The summed E-state index contributed by atoms with van der Waals surface area (Å²) in [4.78, 5) is 6.06. The van der Waals surface area contributed by atoms with Gasteiger partial charge in [-0.05, 0) is 26.1 Å². The van der Waals surface area contributed by atoms with E-state index in [1.807, 2.05) is 0 Å². The molecule has 2 rings (SSSR count). The van der Waals surface area contributed by atoms with Crippen LogP contribution in [0.1, 0.15) is 12.5 Å². The topological polar surface area (TPSA) is 69.1 Å². The van der Waals surface area contributed by atoms with Gasteiger partial charge >= 0.3 is 6.18 Å². The van der Waals surface area contributed by atoms with E-state index >= 15 is 0 Å². The van der Waals surface area contributed by atoms with Crippen molar-refractivity contribution in [2.24, 2.45) is 0 Å². The van der Waals surface area contributed by atoms with Gasteiger partial charge in [-0.2, -0.15) is 13.2 Å². The number of hydrogen-bond acceptors (Lipinski definition) is 6. The van der Waals surface area contributed by atoms with Crippen LogP contribution in [-0.4, -0.2) is 52.6 Å². The molecule has 0 aromatic carbocycles. The molecule has 0 aliphatic carbocycles. The molecular formula is C12H16F3N3O3. The lowest BCUT2D eigenvalue weighted by molar-refractivity contribution is -0.137. The highest BCUT2D eigenvalue weighted by Crippen LogP contribution is 2.33. The van der Waals surface area contributed by atoms with E-state index in [4.69, 9.17) is 4.74 Å². The fourth-order valence-electron chi connectivity index (χ4n) is 2.18. The van der Waals surface area contributed by atoms with E-state index in [0.717, 1.165) is 23.2 Å². The molecule has 2 unspecified atom stereocenters. The zero-order chi connectivity index (χ0) is 15.8. The van der Waals surface area contributed by atoms with Crippen molar-refractivity contribution in [1.29, 1.82) is 0 Å². The second-order valence-corrected chi connectivity index (χ2v) is 4.58. The molecule has 21 heavy (non-hydrogen) atoms. The Bertz CT molecular complexity index is 500. The smallest absolute Gasteiger partial charge is 0.369 e. The number of halogens is 3. The molecule has 1 saturated heterocycles. The minimum absolute atomic E-state index is 0.182. The van der Waals surface area contributed by atoms with Gasteiger partial charge in [0.2, 0.25) is 0 Å². The van der Waals surface area contributed by atoms with Crippen LogP contribution in [0.3, 0.4) is 0 Å². The molecule has 0 spiro atoms. The third-order valence-electron chi connectivity index (χ3n) is 3.23. The largest absolute Gasteiger partial charge is 0.416 e. The molecule has 3 atom stereocenters. The number of aromatic nitrogens is 1. The molecule has 9 heteroatoms. The maximum atomic E-state index is 12.7. The molecule has 1 aromatic heterocycles. The number of alkyl halides is 3. The summed E-state index contributed by atoms with van der Waals surface area (Å²) in [5, 5.41) is 20.2. The number of aliphatic hydroxyl groups is 2. The summed E-state index contributed by atoms with van der Waals surface area (Å²) >= 11 is 0. The summed E-state index contributed by atoms with van der Waals surface area (Å²) in [6, 6.07) is 1.59. The van der Waals surface area contributed by atoms with Crippen LogP contribution < -0.4 is 4.90 Å². The lowest BCUT2D eigenvalue weighted by atomic mass is 10.2. The maximum Gasteiger partial charge on any atom is 0.416 e. The van der Waals surface area contributed by atoms with Crippen LogP contribution in [0.25, 0.3) is 0 Å². The van der Waals surface area contributed by atoms with Crippen LogP contribution in [-0.2, 0) is 10.9 Å². The molecule has 0 bridgehead atoms. The number of ether oxygens (including phenoxy) is 1.